The number of H-pyrrole nitrogens is 1. The van der Waals surface area contributed by atoms with E-state index in [9.17, 15) is 0 Å². The molecule has 0 radical (unpaired) electrons. The van der Waals surface area contributed by atoms with Crippen molar-refractivity contribution in [2.75, 3.05) is 7.11 Å². The molecule has 1 aromatic carbocycles. The third-order valence-corrected chi connectivity index (χ3v) is 2.99. The Morgan fingerprint density at radius 1 is 1.42 bits per heavy atom. The van der Waals surface area contributed by atoms with Crippen molar-refractivity contribution in [2.45, 2.75) is 13.0 Å². The molecule has 1 aromatic heterocycles. The second-order valence-electron chi connectivity index (χ2n) is 3.99. The zero-order valence-corrected chi connectivity index (χ0v) is 11.4. The van der Waals surface area contributed by atoms with Crippen molar-refractivity contribution in [3.63, 3.8) is 0 Å². The molecule has 2 aromatic rings. The highest BCUT2D eigenvalue weighted by Crippen LogP contribution is 2.38. The fourth-order valence-corrected chi connectivity index (χ4v) is 1.99. The van der Waals surface area contributed by atoms with E-state index < -0.39 is 0 Å². The summed E-state index contributed by atoms with van der Waals surface area (Å²) >= 11 is 6.13. The molecule has 0 aliphatic heterocycles. The van der Waals surface area contributed by atoms with Crippen LogP contribution < -0.4 is 9.47 Å². The minimum Gasteiger partial charge on any atom is -0.493 e. The van der Waals surface area contributed by atoms with Gasteiger partial charge in [0.05, 0.1) is 29.5 Å². The molecule has 4 nitrogen and oxygen atoms in total. The first-order valence-corrected chi connectivity index (χ1v) is 6.11. The summed E-state index contributed by atoms with van der Waals surface area (Å²) < 4.78 is 11.0. The van der Waals surface area contributed by atoms with Gasteiger partial charge >= 0.3 is 0 Å². The lowest BCUT2D eigenvalue weighted by molar-refractivity contribution is 0.212. The van der Waals surface area contributed by atoms with Gasteiger partial charge in [-0.25, -0.2) is 0 Å². The molecule has 5 heteroatoms. The van der Waals surface area contributed by atoms with Gasteiger partial charge in [0, 0.05) is 12.3 Å². The van der Waals surface area contributed by atoms with E-state index in [1.165, 1.54) is 7.11 Å². The monoisotopic (exact) mass is 276 g/mol. The quantitative estimate of drug-likeness (QED) is 0.926. The molecule has 2 rings (SSSR count). The molecular weight excluding hydrogens is 264 g/mol. The summed E-state index contributed by atoms with van der Waals surface area (Å²) in [5, 5.41) is 9.25. The summed E-state index contributed by atoms with van der Waals surface area (Å²) in [6.07, 6.45) is 1.63. The van der Waals surface area contributed by atoms with Crippen molar-refractivity contribution in [1.82, 2.24) is 4.98 Å². The van der Waals surface area contributed by atoms with Crippen molar-refractivity contribution in [2.24, 2.45) is 0 Å². The number of hydrogen-bond acceptors (Lipinski definition) is 3. The van der Waals surface area contributed by atoms with Crippen LogP contribution in [0.1, 0.15) is 24.3 Å². The van der Waals surface area contributed by atoms with Crippen LogP contribution in [0.3, 0.4) is 0 Å². The minimum atomic E-state index is -0.200. The predicted molar refractivity (Wildman–Crippen MR) is 72.6 cm³/mol. The van der Waals surface area contributed by atoms with Gasteiger partial charge in [-0.3, -0.25) is 0 Å². The number of aromatic amines is 1. The van der Waals surface area contributed by atoms with Crippen molar-refractivity contribution < 1.29 is 9.47 Å². The maximum Gasteiger partial charge on any atom is 0.180 e. The number of nitrogens with zero attached hydrogens (tertiary/aromatic N) is 1. The molecule has 19 heavy (non-hydrogen) atoms. The molecule has 0 bridgehead atoms. The normalized spacial score (nSPS) is 11.7. The first-order chi connectivity index (χ1) is 9.15. The number of benzene rings is 1. The lowest BCUT2D eigenvalue weighted by Crippen LogP contribution is -2.05. The molecule has 1 unspecified atom stereocenters. The van der Waals surface area contributed by atoms with Gasteiger partial charge in [0.25, 0.3) is 0 Å². The number of halogens is 1. The number of hydrogen-bond donors (Lipinski definition) is 1. The minimum absolute atomic E-state index is 0.200. The molecule has 0 spiro atoms. The largest absolute Gasteiger partial charge is 0.493 e. The Hall–Kier alpha value is -2.12. The highest BCUT2D eigenvalue weighted by atomic mass is 35.5. The van der Waals surface area contributed by atoms with E-state index >= 15 is 0 Å². The van der Waals surface area contributed by atoms with Gasteiger partial charge in [-0.1, -0.05) is 11.6 Å². The van der Waals surface area contributed by atoms with Gasteiger partial charge in [-0.2, -0.15) is 5.26 Å². The van der Waals surface area contributed by atoms with Crippen LogP contribution in [0.2, 0.25) is 5.02 Å². The number of aromatic nitrogens is 1. The summed E-state index contributed by atoms with van der Waals surface area (Å²) in [5.74, 6) is 0.882. The number of rotatable bonds is 4. The van der Waals surface area contributed by atoms with Crippen molar-refractivity contribution in [1.29, 1.82) is 5.26 Å². The third-order valence-electron chi connectivity index (χ3n) is 2.71. The highest BCUT2D eigenvalue weighted by molar-refractivity contribution is 6.32. The number of ether oxygens (including phenoxy) is 2. The standard InChI is InChI=1S/C14H13ClN2O2/c1-9(12-4-3-5-17-12)19-14-11(15)6-10(8-16)7-13(14)18-2/h3-7,9,17H,1-2H3. The lowest BCUT2D eigenvalue weighted by atomic mass is 10.2. The summed E-state index contributed by atoms with van der Waals surface area (Å²) in [6, 6.07) is 9.00. The van der Waals surface area contributed by atoms with Crippen LogP contribution in [0.15, 0.2) is 30.5 Å². The van der Waals surface area contributed by atoms with Gasteiger partial charge in [0.15, 0.2) is 11.5 Å². The summed E-state index contributed by atoms with van der Waals surface area (Å²) in [7, 11) is 1.51. The second kappa shape index (κ2) is 5.68. The molecular formula is C14H13ClN2O2. The summed E-state index contributed by atoms with van der Waals surface area (Å²) in [4.78, 5) is 3.08. The Morgan fingerprint density at radius 2 is 2.21 bits per heavy atom. The van der Waals surface area contributed by atoms with Crippen molar-refractivity contribution >= 4 is 11.6 Å². The van der Waals surface area contributed by atoms with Crippen molar-refractivity contribution in [3.8, 4) is 17.6 Å². The van der Waals surface area contributed by atoms with Gasteiger partial charge in [0.2, 0.25) is 0 Å². The van der Waals surface area contributed by atoms with E-state index in [4.69, 9.17) is 26.3 Å². The average Bonchev–Trinajstić information content (AvgIpc) is 2.94. The number of nitrogens with one attached hydrogen (secondary N) is 1. The topological polar surface area (TPSA) is 58.0 Å². The Bertz CT molecular complexity index is 603. The number of methoxy groups -OCH3 is 1. The first-order valence-electron chi connectivity index (χ1n) is 5.73. The highest BCUT2D eigenvalue weighted by Gasteiger charge is 2.16. The molecule has 0 saturated heterocycles. The maximum atomic E-state index is 8.89. The zero-order valence-electron chi connectivity index (χ0n) is 10.6. The van der Waals surface area contributed by atoms with Crippen LogP contribution in [0, 0.1) is 11.3 Å². The van der Waals surface area contributed by atoms with E-state index in [1.807, 2.05) is 31.3 Å². The molecule has 0 fully saturated rings. The lowest BCUT2D eigenvalue weighted by Gasteiger charge is -2.17. The van der Waals surface area contributed by atoms with E-state index in [1.54, 1.807) is 12.1 Å². The molecule has 1 atom stereocenters. The fourth-order valence-electron chi connectivity index (χ4n) is 1.74. The molecule has 0 amide bonds. The first kappa shape index (κ1) is 13.3. The smallest absolute Gasteiger partial charge is 0.180 e. The molecule has 1 N–H and O–H groups in total. The van der Waals surface area contributed by atoms with E-state index in [2.05, 4.69) is 4.98 Å². The SMILES string of the molecule is COc1cc(C#N)cc(Cl)c1OC(C)c1ccc[nH]1. The second-order valence-corrected chi connectivity index (χ2v) is 4.39. The molecule has 98 valence electrons. The van der Waals surface area contributed by atoms with Crippen LogP contribution in [-0.4, -0.2) is 12.1 Å². The van der Waals surface area contributed by atoms with Crippen molar-refractivity contribution in [3.05, 3.63) is 46.7 Å². The Morgan fingerprint density at radius 3 is 2.79 bits per heavy atom. The van der Waals surface area contributed by atoms with Gasteiger partial charge in [0.1, 0.15) is 6.10 Å². The Kier molecular flexibility index (Phi) is 3.98. The van der Waals surface area contributed by atoms with E-state index in [-0.39, 0.29) is 6.10 Å². The predicted octanol–water partition coefficient (Wildman–Crippen LogP) is 3.69. The summed E-state index contributed by atoms with van der Waals surface area (Å²) in [6.45, 7) is 1.90. The van der Waals surface area contributed by atoms with Gasteiger partial charge in [-0.05, 0) is 25.1 Å². The average molecular weight is 277 g/mol. The Balaban J connectivity index is 2.32. The fraction of sp³-hybridized carbons (Fsp3) is 0.214. The molecule has 0 aliphatic rings. The summed E-state index contributed by atoms with van der Waals surface area (Å²) in [5.41, 5.74) is 1.37. The van der Waals surface area contributed by atoms with Crippen LogP contribution in [0.25, 0.3) is 0 Å². The van der Waals surface area contributed by atoms with Crippen LogP contribution in [-0.2, 0) is 0 Å². The Labute approximate surface area is 116 Å². The van der Waals surface area contributed by atoms with Crippen LogP contribution in [0.4, 0.5) is 0 Å². The maximum absolute atomic E-state index is 8.89. The van der Waals surface area contributed by atoms with Crippen LogP contribution in [0.5, 0.6) is 11.5 Å². The van der Waals surface area contributed by atoms with Crippen LogP contribution >= 0.6 is 11.6 Å². The zero-order chi connectivity index (χ0) is 13.8. The third kappa shape index (κ3) is 2.83. The number of nitriles is 1. The van der Waals surface area contributed by atoms with E-state index in [0.717, 1.165) is 5.69 Å². The molecule has 0 saturated carbocycles. The molecule has 0 aliphatic carbocycles. The van der Waals surface area contributed by atoms with E-state index in [0.29, 0.717) is 22.1 Å². The van der Waals surface area contributed by atoms with Gasteiger partial charge in [-0.15, -0.1) is 0 Å². The van der Waals surface area contributed by atoms with Gasteiger partial charge < -0.3 is 14.5 Å². The molecule has 1 heterocycles.